The highest BCUT2D eigenvalue weighted by molar-refractivity contribution is 6.99. The number of pyridine rings is 1. The van der Waals surface area contributed by atoms with Gasteiger partial charge in [-0.2, -0.15) is 0 Å². The van der Waals surface area contributed by atoms with Gasteiger partial charge >= 0.3 is 0 Å². The van der Waals surface area contributed by atoms with E-state index < -0.39 is 19.8 Å². The lowest BCUT2D eigenvalue weighted by Crippen LogP contribution is -2.68. The molecule has 1 aliphatic heterocycles. The maximum absolute atomic E-state index is 11.7. The molecule has 2 heterocycles. The van der Waals surface area contributed by atoms with E-state index in [1.54, 1.807) is 0 Å². The zero-order valence-electron chi connectivity index (χ0n) is 20.9. The Balaban J connectivity index is 1.53. The number of nitrogen functional groups attached to an aromatic ring is 1. The van der Waals surface area contributed by atoms with Gasteiger partial charge in [0, 0.05) is 18.4 Å². The number of hydrogen-bond donors (Lipinski definition) is 2. The molecule has 2 aliphatic rings. The van der Waals surface area contributed by atoms with E-state index in [4.69, 9.17) is 14.9 Å². The molecule has 2 fully saturated rings. The maximum atomic E-state index is 11.7. The predicted molar refractivity (Wildman–Crippen MR) is 142 cm³/mol. The molecule has 6 heteroatoms. The molecule has 1 aliphatic carbocycles. The highest BCUT2D eigenvalue weighted by Gasteiger charge is 2.54. The number of anilines is 1. The Kier molecular flexibility index (Phi) is 6.34. The lowest BCUT2D eigenvalue weighted by molar-refractivity contribution is -0.190. The van der Waals surface area contributed by atoms with Crippen LogP contribution in [0.1, 0.15) is 56.8 Å². The van der Waals surface area contributed by atoms with Gasteiger partial charge in [0.15, 0.2) is 0 Å². The Labute approximate surface area is 209 Å². The Morgan fingerprint density at radius 2 is 1.63 bits per heavy atom. The molecule has 0 radical (unpaired) electrons. The minimum Gasteiger partial charge on any atom is -0.407 e. The average molecular weight is 489 g/mol. The largest absolute Gasteiger partial charge is 0.407 e. The lowest BCUT2D eigenvalue weighted by atomic mass is 9.77. The summed E-state index contributed by atoms with van der Waals surface area (Å²) < 4.78 is 12.9. The van der Waals surface area contributed by atoms with Crippen LogP contribution in [0.3, 0.4) is 0 Å². The monoisotopic (exact) mass is 488 g/mol. The topological polar surface area (TPSA) is 77.6 Å². The molecule has 0 bridgehead atoms. The lowest BCUT2D eigenvalue weighted by Gasteiger charge is -2.49. The van der Waals surface area contributed by atoms with Gasteiger partial charge in [0.05, 0.1) is 24.7 Å². The van der Waals surface area contributed by atoms with Crippen molar-refractivity contribution >= 4 is 24.5 Å². The smallest absolute Gasteiger partial charge is 0.261 e. The van der Waals surface area contributed by atoms with Gasteiger partial charge < -0.3 is 20.0 Å². The van der Waals surface area contributed by atoms with Gasteiger partial charge in [-0.25, -0.2) is 4.98 Å². The molecule has 2 aromatic carbocycles. The van der Waals surface area contributed by atoms with Crippen molar-refractivity contribution in [3.05, 3.63) is 84.1 Å². The third kappa shape index (κ3) is 4.33. The molecule has 1 aromatic heterocycles. The van der Waals surface area contributed by atoms with E-state index >= 15 is 0 Å². The summed E-state index contributed by atoms with van der Waals surface area (Å²) in [5.74, 6) is 0.926. The normalized spacial score (nSPS) is 18.6. The summed E-state index contributed by atoms with van der Waals surface area (Å²) in [6.45, 7) is 8.04. The molecule has 1 saturated heterocycles. The van der Waals surface area contributed by atoms with Crippen molar-refractivity contribution in [2.75, 3.05) is 25.6 Å². The quantitative estimate of drug-likeness (QED) is 0.466. The first-order valence-corrected chi connectivity index (χ1v) is 14.4. The number of aliphatic hydroxyl groups excluding tert-OH is 1. The number of ether oxygens (including phenoxy) is 1. The number of aromatic nitrogens is 1. The Bertz CT molecular complexity index is 1120. The van der Waals surface area contributed by atoms with Crippen LogP contribution in [0.2, 0.25) is 5.04 Å². The maximum Gasteiger partial charge on any atom is 0.261 e. The number of nitrogens with zero attached hydrogens (tertiary/aromatic N) is 1. The third-order valence-electron chi connectivity index (χ3n) is 7.67. The standard InChI is InChI=1S/C29H36N2O3Si/c1-28(2,3)35(23-10-6-4-7-11-23,24-12-8-5-9-13-24)34-20-29(18-33-19-29)26(32)25-16-22(21-14-15-21)17-31-27(25)30/h4-13,16-17,21,26,32H,14-15,18-20H2,1-3H3,(H2,30,31). The van der Waals surface area contributed by atoms with Crippen LogP contribution < -0.4 is 16.1 Å². The van der Waals surface area contributed by atoms with Crippen molar-refractivity contribution in [3.8, 4) is 0 Å². The van der Waals surface area contributed by atoms with E-state index in [9.17, 15) is 5.11 Å². The van der Waals surface area contributed by atoms with Crippen LogP contribution >= 0.6 is 0 Å². The molecule has 3 aromatic rings. The Morgan fingerprint density at radius 3 is 2.09 bits per heavy atom. The SMILES string of the molecule is CC(C)(C)[Si](OCC1(C(O)c2cc(C3CC3)cnc2N)COC1)(c1ccccc1)c1ccccc1. The van der Waals surface area contributed by atoms with Crippen molar-refractivity contribution in [1.82, 2.24) is 4.98 Å². The molecule has 0 spiro atoms. The van der Waals surface area contributed by atoms with E-state index in [1.165, 1.54) is 23.2 Å². The molecule has 3 N–H and O–H groups in total. The van der Waals surface area contributed by atoms with E-state index in [-0.39, 0.29) is 5.04 Å². The van der Waals surface area contributed by atoms with E-state index in [0.29, 0.717) is 37.1 Å². The van der Waals surface area contributed by atoms with Gasteiger partial charge in [-0.3, -0.25) is 0 Å². The number of rotatable bonds is 8. The zero-order valence-corrected chi connectivity index (χ0v) is 21.9. The van der Waals surface area contributed by atoms with Gasteiger partial charge in [-0.05, 0) is 45.8 Å². The van der Waals surface area contributed by atoms with Crippen LogP contribution in [0.4, 0.5) is 5.82 Å². The van der Waals surface area contributed by atoms with Crippen molar-refractivity contribution in [1.29, 1.82) is 0 Å². The molecular weight excluding hydrogens is 452 g/mol. The van der Waals surface area contributed by atoms with Gasteiger partial charge in [0.25, 0.3) is 8.32 Å². The summed E-state index contributed by atoms with van der Waals surface area (Å²) in [5.41, 5.74) is 7.57. The predicted octanol–water partition coefficient (Wildman–Crippen LogP) is 4.17. The van der Waals surface area contributed by atoms with Gasteiger partial charge in [-0.1, -0.05) is 81.4 Å². The molecular formula is C29H36N2O3Si. The van der Waals surface area contributed by atoms with Crippen LogP contribution in [-0.4, -0.2) is 38.2 Å². The first-order valence-electron chi connectivity index (χ1n) is 12.5. The van der Waals surface area contributed by atoms with Gasteiger partial charge in [0.1, 0.15) is 5.82 Å². The first kappa shape index (κ1) is 24.2. The number of aliphatic hydroxyl groups is 1. The van der Waals surface area contributed by atoms with Crippen LogP contribution in [-0.2, 0) is 9.16 Å². The average Bonchev–Trinajstić information content (AvgIpc) is 3.67. The van der Waals surface area contributed by atoms with Crippen molar-refractivity contribution in [2.45, 2.75) is 50.7 Å². The fourth-order valence-corrected chi connectivity index (χ4v) is 10.1. The second kappa shape index (κ2) is 9.17. The van der Waals surface area contributed by atoms with E-state index in [0.717, 1.165) is 5.56 Å². The fourth-order valence-electron chi connectivity index (χ4n) is 5.40. The Hall–Kier alpha value is -2.51. The van der Waals surface area contributed by atoms with Crippen LogP contribution in [0.15, 0.2) is 72.9 Å². The molecule has 1 atom stereocenters. The summed E-state index contributed by atoms with van der Waals surface area (Å²) in [6, 6.07) is 23.2. The van der Waals surface area contributed by atoms with Crippen LogP contribution in [0.5, 0.6) is 0 Å². The third-order valence-corrected chi connectivity index (χ3v) is 12.6. The number of nitrogens with two attached hydrogens (primary N) is 1. The van der Waals surface area contributed by atoms with Crippen LogP contribution in [0, 0.1) is 5.41 Å². The minimum atomic E-state index is -2.73. The summed E-state index contributed by atoms with van der Waals surface area (Å²) in [4.78, 5) is 4.42. The van der Waals surface area contributed by atoms with Crippen molar-refractivity contribution in [3.63, 3.8) is 0 Å². The summed E-state index contributed by atoms with van der Waals surface area (Å²) >= 11 is 0. The first-order chi connectivity index (χ1) is 16.8. The van der Waals surface area contributed by atoms with Crippen LogP contribution in [0.25, 0.3) is 0 Å². The molecule has 5 nitrogen and oxygen atoms in total. The molecule has 35 heavy (non-hydrogen) atoms. The number of benzene rings is 2. The summed E-state index contributed by atoms with van der Waals surface area (Å²) in [5, 5.41) is 14.0. The van der Waals surface area contributed by atoms with Crippen molar-refractivity contribution in [2.24, 2.45) is 5.41 Å². The van der Waals surface area contributed by atoms with E-state index in [2.05, 4.69) is 74.3 Å². The highest BCUT2D eigenvalue weighted by atomic mass is 28.4. The molecule has 0 amide bonds. The highest BCUT2D eigenvalue weighted by Crippen LogP contribution is 2.47. The Morgan fingerprint density at radius 1 is 1.06 bits per heavy atom. The fraction of sp³-hybridized carbons (Fsp3) is 0.414. The second-order valence-corrected chi connectivity index (χ2v) is 15.5. The van der Waals surface area contributed by atoms with Crippen molar-refractivity contribution < 1.29 is 14.3 Å². The summed E-state index contributed by atoms with van der Waals surface area (Å²) in [7, 11) is -2.73. The number of hydrogen-bond acceptors (Lipinski definition) is 5. The molecule has 1 saturated carbocycles. The molecule has 1 unspecified atom stereocenters. The van der Waals surface area contributed by atoms with E-state index in [1.807, 2.05) is 24.4 Å². The molecule has 5 rings (SSSR count). The minimum absolute atomic E-state index is 0.140. The zero-order chi connectivity index (χ0) is 24.7. The van der Waals surface area contributed by atoms with Gasteiger partial charge in [0.2, 0.25) is 0 Å². The summed E-state index contributed by atoms with van der Waals surface area (Å²) in [6.07, 6.45) is 3.39. The second-order valence-electron chi connectivity index (χ2n) is 11.2. The molecule has 184 valence electrons. The van der Waals surface area contributed by atoms with Gasteiger partial charge in [-0.15, -0.1) is 0 Å².